The molecule has 1 aromatic heterocycles. The van der Waals surface area contributed by atoms with Gasteiger partial charge in [0, 0.05) is 30.4 Å². The van der Waals surface area contributed by atoms with E-state index in [1.54, 1.807) is 18.2 Å². The SMILES string of the molecule is Nc1ccccc1NC(=O)c1ccc(C=C2CCN2Cn2ccc3ccccc32)cc1Cl. The van der Waals surface area contributed by atoms with Gasteiger partial charge >= 0.3 is 0 Å². The van der Waals surface area contributed by atoms with Gasteiger partial charge in [-0.05, 0) is 53.4 Å². The van der Waals surface area contributed by atoms with Gasteiger partial charge in [-0.3, -0.25) is 4.79 Å². The highest BCUT2D eigenvalue weighted by molar-refractivity contribution is 6.34. The molecule has 160 valence electrons. The first kappa shape index (κ1) is 20.2. The molecule has 5 rings (SSSR count). The van der Waals surface area contributed by atoms with Crippen LogP contribution in [0.2, 0.25) is 5.02 Å². The number of amides is 1. The Hall–Kier alpha value is -3.70. The molecule has 0 unspecified atom stereocenters. The summed E-state index contributed by atoms with van der Waals surface area (Å²) >= 11 is 6.45. The van der Waals surface area contributed by atoms with Crippen molar-refractivity contribution in [2.24, 2.45) is 0 Å². The number of carbonyl (C=O) groups is 1. The number of anilines is 2. The molecule has 6 heteroatoms. The van der Waals surface area contributed by atoms with Crippen molar-refractivity contribution in [2.45, 2.75) is 13.1 Å². The number of nitrogens with two attached hydrogens (primary N) is 1. The van der Waals surface area contributed by atoms with Gasteiger partial charge in [-0.15, -0.1) is 0 Å². The van der Waals surface area contributed by atoms with Crippen LogP contribution in [0.25, 0.3) is 17.0 Å². The number of nitrogens with zero attached hydrogens (tertiary/aromatic N) is 2. The smallest absolute Gasteiger partial charge is 0.257 e. The summed E-state index contributed by atoms with van der Waals surface area (Å²) < 4.78 is 2.26. The Morgan fingerprint density at radius 1 is 1.06 bits per heavy atom. The summed E-state index contributed by atoms with van der Waals surface area (Å²) in [7, 11) is 0. The third-order valence-corrected chi connectivity index (χ3v) is 6.14. The molecule has 0 atom stereocenters. The Morgan fingerprint density at radius 3 is 2.66 bits per heavy atom. The van der Waals surface area contributed by atoms with Crippen LogP contribution in [0.15, 0.2) is 84.7 Å². The second kappa shape index (κ2) is 8.44. The van der Waals surface area contributed by atoms with Gasteiger partial charge < -0.3 is 20.5 Å². The average Bonchev–Trinajstić information content (AvgIpc) is 3.19. The summed E-state index contributed by atoms with van der Waals surface area (Å²) in [4.78, 5) is 15.0. The van der Waals surface area contributed by atoms with E-state index in [0.29, 0.717) is 22.0 Å². The second-order valence-electron chi connectivity index (χ2n) is 7.92. The van der Waals surface area contributed by atoms with E-state index < -0.39 is 0 Å². The van der Waals surface area contributed by atoms with E-state index >= 15 is 0 Å². The molecule has 0 bridgehead atoms. The van der Waals surface area contributed by atoms with Crippen molar-refractivity contribution in [3.63, 3.8) is 0 Å². The van der Waals surface area contributed by atoms with E-state index in [1.807, 2.05) is 24.3 Å². The molecule has 0 saturated carbocycles. The number of carbonyl (C=O) groups excluding carboxylic acids is 1. The maximum atomic E-state index is 12.6. The van der Waals surface area contributed by atoms with Gasteiger partial charge in [-0.1, -0.05) is 48.0 Å². The first-order chi connectivity index (χ1) is 15.6. The van der Waals surface area contributed by atoms with Gasteiger partial charge in [0.1, 0.15) is 0 Å². The molecular weight excluding hydrogens is 420 g/mol. The molecule has 1 aliphatic heterocycles. The monoisotopic (exact) mass is 442 g/mol. The van der Waals surface area contributed by atoms with Crippen LogP contribution in [-0.4, -0.2) is 21.9 Å². The molecule has 2 heterocycles. The van der Waals surface area contributed by atoms with Crippen LogP contribution in [0.1, 0.15) is 22.3 Å². The van der Waals surface area contributed by atoms with Gasteiger partial charge in [0.2, 0.25) is 0 Å². The Kier molecular flexibility index (Phi) is 5.33. The lowest BCUT2D eigenvalue weighted by molar-refractivity contribution is 0.102. The molecule has 1 saturated heterocycles. The van der Waals surface area contributed by atoms with Crippen LogP contribution < -0.4 is 11.1 Å². The normalized spacial score (nSPS) is 14.5. The lowest BCUT2D eigenvalue weighted by Gasteiger charge is -2.37. The number of fused-ring (bicyclic) bond motifs is 1. The maximum absolute atomic E-state index is 12.6. The number of aromatic nitrogens is 1. The fraction of sp³-hybridized carbons (Fsp3) is 0.115. The van der Waals surface area contributed by atoms with Crippen molar-refractivity contribution in [2.75, 3.05) is 17.6 Å². The fourth-order valence-electron chi connectivity index (χ4n) is 3.97. The zero-order valence-electron chi connectivity index (χ0n) is 17.5. The van der Waals surface area contributed by atoms with Crippen molar-refractivity contribution < 1.29 is 4.79 Å². The molecule has 0 aliphatic carbocycles. The van der Waals surface area contributed by atoms with Crippen LogP contribution in [0, 0.1) is 0 Å². The number of likely N-dealkylation sites (tertiary alicyclic amines) is 1. The molecule has 1 aliphatic rings. The molecule has 1 fully saturated rings. The van der Waals surface area contributed by atoms with Crippen LogP contribution >= 0.6 is 11.6 Å². The largest absolute Gasteiger partial charge is 0.397 e. The molecule has 4 aromatic rings. The van der Waals surface area contributed by atoms with Gasteiger partial charge in [0.05, 0.1) is 28.6 Å². The predicted molar refractivity (Wildman–Crippen MR) is 131 cm³/mol. The number of hydrogen-bond acceptors (Lipinski definition) is 3. The fourth-order valence-corrected chi connectivity index (χ4v) is 4.24. The van der Waals surface area contributed by atoms with E-state index in [9.17, 15) is 4.79 Å². The summed E-state index contributed by atoms with van der Waals surface area (Å²) in [5, 5.41) is 4.48. The zero-order chi connectivity index (χ0) is 22.1. The first-order valence-electron chi connectivity index (χ1n) is 10.5. The Labute approximate surface area is 191 Å². The minimum Gasteiger partial charge on any atom is -0.397 e. The van der Waals surface area contributed by atoms with E-state index in [1.165, 1.54) is 16.6 Å². The highest BCUT2D eigenvalue weighted by Crippen LogP contribution is 2.28. The van der Waals surface area contributed by atoms with Crippen LogP contribution in [0.3, 0.4) is 0 Å². The predicted octanol–water partition coefficient (Wildman–Crippen LogP) is 5.83. The second-order valence-corrected chi connectivity index (χ2v) is 8.32. The maximum Gasteiger partial charge on any atom is 0.257 e. The van der Waals surface area contributed by atoms with Gasteiger partial charge in [0.15, 0.2) is 0 Å². The molecule has 1 amide bonds. The molecule has 0 radical (unpaired) electrons. The van der Waals surface area contributed by atoms with E-state index in [2.05, 4.69) is 57.4 Å². The molecule has 5 nitrogen and oxygen atoms in total. The number of benzene rings is 3. The highest BCUT2D eigenvalue weighted by atomic mass is 35.5. The van der Waals surface area contributed by atoms with E-state index in [4.69, 9.17) is 17.3 Å². The molecular formula is C26H23ClN4O. The Morgan fingerprint density at radius 2 is 1.88 bits per heavy atom. The van der Waals surface area contributed by atoms with Gasteiger partial charge in [-0.2, -0.15) is 0 Å². The standard InChI is InChI=1S/C26H23ClN4O/c27-22-16-18(9-10-21(22)26(32)29-24-7-3-2-6-23(24)28)15-20-12-14-30(20)17-31-13-11-19-5-1-4-8-25(19)31/h1-11,13,15-16H,12,14,17,28H2,(H,29,32). The topological polar surface area (TPSA) is 63.3 Å². The average molecular weight is 443 g/mol. The van der Waals surface area contributed by atoms with Crippen LogP contribution in [0.4, 0.5) is 11.4 Å². The summed E-state index contributed by atoms with van der Waals surface area (Å²) in [6.07, 6.45) is 5.29. The third kappa shape index (κ3) is 3.95. The lowest BCUT2D eigenvalue weighted by atomic mass is 10.0. The summed E-state index contributed by atoms with van der Waals surface area (Å²) in [6.45, 7) is 1.83. The lowest BCUT2D eigenvalue weighted by Crippen LogP contribution is -2.36. The number of nitrogens with one attached hydrogen (secondary N) is 1. The van der Waals surface area contributed by atoms with Crippen molar-refractivity contribution in [1.29, 1.82) is 0 Å². The summed E-state index contributed by atoms with van der Waals surface area (Å²) in [6, 6.07) is 23.2. The van der Waals surface area contributed by atoms with E-state index in [-0.39, 0.29) is 5.91 Å². The number of nitrogen functional groups attached to an aromatic ring is 1. The number of rotatable bonds is 5. The van der Waals surface area contributed by atoms with Crippen molar-refractivity contribution >= 4 is 45.9 Å². The molecule has 3 N–H and O–H groups in total. The van der Waals surface area contributed by atoms with Crippen molar-refractivity contribution in [3.8, 4) is 0 Å². The molecule has 32 heavy (non-hydrogen) atoms. The van der Waals surface area contributed by atoms with Crippen LogP contribution in [-0.2, 0) is 6.67 Å². The third-order valence-electron chi connectivity index (χ3n) is 5.83. The minimum atomic E-state index is -0.281. The van der Waals surface area contributed by atoms with Crippen LogP contribution in [0.5, 0.6) is 0 Å². The van der Waals surface area contributed by atoms with Gasteiger partial charge in [0.25, 0.3) is 5.91 Å². The Balaban J connectivity index is 1.30. The Bertz CT molecular complexity index is 1340. The number of halogens is 1. The highest BCUT2D eigenvalue weighted by Gasteiger charge is 2.21. The van der Waals surface area contributed by atoms with E-state index in [0.717, 1.165) is 25.2 Å². The van der Waals surface area contributed by atoms with Crippen molar-refractivity contribution in [1.82, 2.24) is 9.47 Å². The molecule has 3 aromatic carbocycles. The first-order valence-corrected chi connectivity index (χ1v) is 10.9. The van der Waals surface area contributed by atoms with Crippen molar-refractivity contribution in [3.05, 3.63) is 101 Å². The summed E-state index contributed by atoms with van der Waals surface area (Å²) in [5.74, 6) is -0.281. The molecule has 0 spiro atoms. The number of hydrogen-bond donors (Lipinski definition) is 2. The zero-order valence-corrected chi connectivity index (χ0v) is 18.2. The minimum absolute atomic E-state index is 0.281. The summed E-state index contributed by atoms with van der Waals surface area (Å²) in [5.41, 5.74) is 10.9. The number of para-hydroxylation sites is 3. The van der Waals surface area contributed by atoms with Gasteiger partial charge in [-0.25, -0.2) is 0 Å². The quantitative estimate of drug-likeness (QED) is 0.382.